The first-order chi connectivity index (χ1) is 12.6. The molecule has 0 spiro atoms. The third-order valence-corrected chi connectivity index (χ3v) is 5.26. The molecule has 0 aliphatic carbocycles. The number of hydrogen-bond acceptors (Lipinski definition) is 7. The molecule has 3 amide bonds. The number of carbonyl (C=O) groups excluding carboxylic acids is 3. The van der Waals surface area contributed by atoms with Crippen LogP contribution in [0.5, 0.6) is 0 Å². The van der Waals surface area contributed by atoms with Crippen molar-refractivity contribution < 1.29 is 19.1 Å². The monoisotopic (exact) mass is 372 g/mol. The first-order valence-electron chi connectivity index (χ1n) is 8.33. The van der Waals surface area contributed by atoms with E-state index in [1.54, 1.807) is 24.3 Å². The second-order valence-corrected chi connectivity index (χ2v) is 7.06. The smallest absolute Gasteiger partial charge is 0.261 e. The molecule has 0 radical (unpaired) electrons. The Kier molecular flexibility index (Phi) is 4.48. The Labute approximate surface area is 153 Å². The first-order valence-corrected chi connectivity index (χ1v) is 9.15. The number of rotatable bonds is 5. The second-order valence-electron chi connectivity index (χ2n) is 6.05. The average molecular weight is 372 g/mol. The molecule has 4 rings (SSSR count). The van der Waals surface area contributed by atoms with Crippen LogP contribution in [0.15, 0.2) is 24.3 Å². The summed E-state index contributed by atoms with van der Waals surface area (Å²) < 4.78 is 5.54. The number of anilines is 1. The van der Waals surface area contributed by atoms with E-state index in [0.29, 0.717) is 22.9 Å². The summed E-state index contributed by atoms with van der Waals surface area (Å²) >= 11 is 1.28. The highest BCUT2D eigenvalue weighted by atomic mass is 32.1. The van der Waals surface area contributed by atoms with Gasteiger partial charge in [-0.2, -0.15) is 0 Å². The largest absolute Gasteiger partial charge is 0.371 e. The fourth-order valence-electron chi connectivity index (χ4n) is 3.02. The molecule has 1 atom stereocenters. The Morgan fingerprint density at radius 3 is 2.62 bits per heavy atom. The number of aromatic nitrogens is 2. The molecule has 0 saturated carbocycles. The van der Waals surface area contributed by atoms with E-state index in [9.17, 15) is 14.4 Å². The van der Waals surface area contributed by atoms with Crippen molar-refractivity contribution in [1.82, 2.24) is 15.1 Å². The zero-order valence-corrected chi connectivity index (χ0v) is 14.6. The number of ether oxygens (including phenoxy) is 1. The van der Waals surface area contributed by atoms with Crippen LogP contribution < -0.4 is 5.32 Å². The maximum atomic E-state index is 12.3. The zero-order valence-electron chi connectivity index (χ0n) is 13.8. The van der Waals surface area contributed by atoms with Gasteiger partial charge in [-0.1, -0.05) is 23.5 Å². The molecule has 1 aromatic heterocycles. The van der Waals surface area contributed by atoms with Gasteiger partial charge in [-0.25, -0.2) is 0 Å². The Morgan fingerprint density at radius 1 is 1.23 bits per heavy atom. The van der Waals surface area contributed by atoms with Crippen LogP contribution in [-0.4, -0.2) is 46.0 Å². The van der Waals surface area contributed by atoms with Crippen LogP contribution in [-0.2, 0) is 9.53 Å². The SMILES string of the molecule is O=C(CCN1C(=O)c2ccccc2C1=O)Nc1nnc([C@H]2CCCO2)s1. The van der Waals surface area contributed by atoms with Crippen LogP contribution in [0.3, 0.4) is 0 Å². The van der Waals surface area contributed by atoms with Crippen molar-refractivity contribution >= 4 is 34.2 Å². The van der Waals surface area contributed by atoms with Gasteiger partial charge in [0, 0.05) is 19.6 Å². The molecule has 2 aliphatic heterocycles. The lowest BCUT2D eigenvalue weighted by molar-refractivity contribution is -0.116. The van der Waals surface area contributed by atoms with E-state index in [2.05, 4.69) is 15.5 Å². The summed E-state index contributed by atoms with van der Waals surface area (Å²) in [6.07, 6.45) is 1.85. The molecule has 134 valence electrons. The normalized spacial score (nSPS) is 19.1. The van der Waals surface area contributed by atoms with Gasteiger partial charge in [-0.05, 0) is 25.0 Å². The minimum atomic E-state index is -0.366. The van der Waals surface area contributed by atoms with Gasteiger partial charge in [0.2, 0.25) is 11.0 Å². The molecule has 9 heteroatoms. The van der Waals surface area contributed by atoms with Gasteiger partial charge in [-0.15, -0.1) is 10.2 Å². The highest BCUT2D eigenvalue weighted by Crippen LogP contribution is 2.32. The van der Waals surface area contributed by atoms with Crippen LogP contribution in [0.25, 0.3) is 0 Å². The number of nitrogens with one attached hydrogen (secondary N) is 1. The maximum absolute atomic E-state index is 12.3. The summed E-state index contributed by atoms with van der Waals surface area (Å²) in [6, 6.07) is 6.65. The molecular weight excluding hydrogens is 356 g/mol. The predicted molar refractivity (Wildman–Crippen MR) is 92.9 cm³/mol. The van der Waals surface area contributed by atoms with Crippen molar-refractivity contribution in [1.29, 1.82) is 0 Å². The summed E-state index contributed by atoms with van der Waals surface area (Å²) in [5, 5.41) is 11.8. The number of carbonyl (C=O) groups is 3. The Hall–Kier alpha value is -2.65. The predicted octanol–water partition coefficient (Wildman–Crippen LogP) is 2.01. The minimum Gasteiger partial charge on any atom is -0.371 e. The van der Waals surface area contributed by atoms with Crippen molar-refractivity contribution in [2.45, 2.75) is 25.4 Å². The van der Waals surface area contributed by atoms with E-state index >= 15 is 0 Å². The fourth-order valence-corrected chi connectivity index (χ4v) is 3.87. The molecule has 2 aliphatic rings. The van der Waals surface area contributed by atoms with Crippen molar-refractivity contribution in [2.24, 2.45) is 0 Å². The molecule has 1 saturated heterocycles. The van der Waals surface area contributed by atoms with E-state index < -0.39 is 0 Å². The molecule has 1 N–H and O–H groups in total. The molecule has 3 heterocycles. The van der Waals surface area contributed by atoms with Gasteiger partial charge in [0.05, 0.1) is 11.1 Å². The highest BCUT2D eigenvalue weighted by molar-refractivity contribution is 7.15. The Morgan fingerprint density at radius 2 is 1.96 bits per heavy atom. The number of benzene rings is 1. The summed E-state index contributed by atoms with van der Waals surface area (Å²) in [5.41, 5.74) is 0.756. The van der Waals surface area contributed by atoms with E-state index in [1.807, 2.05) is 0 Å². The highest BCUT2D eigenvalue weighted by Gasteiger charge is 2.35. The Balaban J connectivity index is 1.33. The van der Waals surface area contributed by atoms with E-state index in [4.69, 9.17) is 4.74 Å². The standard InChI is InChI=1S/C17H16N4O4S/c22-13(18-17-20-19-14(26-17)12-6-3-9-25-12)7-8-21-15(23)10-4-1-2-5-11(10)16(21)24/h1-2,4-5,12H,3,6-9H2,(H,18,20,22)/t12-/m1/s1. The van der Waals surface area contributed by atoms with Crippen LogP contribution >= 0.6 is 11.3 Å². The van der Waals surface area contributed by atoms with E-state index in [1.165, 1.54) is 11.3 Å². The zero-order chi connectivity index (χ0) is 18.1. The van der Waals surface area contributed by atoms with Gasteiger partial charge >= 0.3 is 0 Å². The molecule has 1 fully saturated rings. The van der Waals surface area contributed by atoms with E-state index in [-0.39, 0.29) is 36.8 Å². The van der Waals surface area contributed by atoms with Crippen molar-refractivity contribution in [2.75, 3.05) is 18.5 Å². The lowest BCUT2D eigenvalue weighted by atomic mass is 10.1. The lowest BCUT2D eigenvalue weighted by Gasteiger charge is -2.12. The second kappa shape index (κ2) is 6.93. The first kappa shape index (κ1) is 16.8. The number of nitrogens with zero attached hydrogens (tertiary/aromatic N) is 3. The molecule has 2 aromatic rings. The van der Waals surface area contributed by atoms with Gasteiger partial charge in [0.25, 0.3) is 11.8 Å². The van der Waals surface area contributed by atoms with Gasteiger partial charge in [0.15, 0.2) is 0 Å². The fraction of sp³-hybridized carbons (Fsp3) is 0.353. The van der Waals surface area contributed by atoms with Crippen LogP contribution in [0, 0.1) is 0 Å². The number of fused-ring (bicyclic) bond motifs is 1. The maximum Gasteiger partial charge on any atom is 0.261 e. The molecule has 26 heavy (non-hydrogen) atoms. The topological polar surface area (TPSA) is 101 Å². The minimum absolute atomic E-state index is 0.000308. The lowest BCUT2D eigenvalue weighted by Crippen LogP contribution is -2.32. The summed E-state index contributed by atoms with van der Waals surface area (Å²) in [5.74, 6) is -1.05. The number of hydrogen-bond donors (Lipinski definition) is 1. The van der Waals surface area contributed by atoms with Crippen LogP contribution in [0.4, 0.5) is 5.13 Å². The number of imide groups is 1. The molecule has 1 aromatic carbocycles. The molecule has 0 bridgehead atoms. The summed E-state index contributed by atoms with van der Waals surface area (Å²) in [6.45, 7) is 0.738. The van der Waals surface area contributed by atoms with Gasteiger partial charge in [0.1, 0.15) is 11.1 Å². The van der Waals surface area contributed by atoms with Crippen molar-refractivity contribution in [3.63, 3.8) is 0 Å². The molecular formula is C17H16N4O4S. The van der Waals surface area contributed by atoms with Crippen LogP contribution in [0.1, 0.15) is 51.1 Å². The molecule has 8 nitrogen and oxygen atoms in total. The molecule has 0 unspecified atom stereocenters. The third-order valence-electron chi connectivity index (χ3n) is 4.33. The third kappa shape index (κ3) is 3.11. The summed E-state index contributed by atoms with van der Waals surface area (Å²) in [4.78, 5) is 37.8. The average Bonchev–Trinajstić information content (AvgIpc) is 3.36. The van der Waals surface area contributed by atoms with E-state index in [0.717, 1.165) is 22.7 Å². The van der Waals surface area contributed by atoms with Crippen molar-refractivity contribution in [3.8, 4) is 0 Å². The van der Waals surface area contributed by atoms with Gasteiger partial charge < -0.3 is 10.1 Å². The van der Waals surface area contributed by atoms with Crippen molar-refractivity contribution in [3.05, 3.63) is 40.4 Å². The number of amides is 3. The van der Waals surface area contributed by atoms with Gasteiger partial charge in [-0.3, -0.25) is 19.3 Å². The quantitative estimate of drug-likeness (QED) is 0.806. The summed E-state index contributed by atoms with van der Waals surface area (Å²) in [7, 11) is 0. The van der Waals surface area contributed by atoms with Crippen LogP contribution in [0.2, 0.25) is 0 Å². The Bertz CT molecular complexity index is 840.